The van der Waals surface area contributed by atoms with Crippen molar-refractivity contribution in [1.82, 2.24) is 10.2 Å². The van der Waals surface area contributed by atoms with Crippen molar-refractivity contribution in [2.75, 3.05) is 26.2 Å². The van der Waals surface area contributed by atoms with Crippen LogP contribution in [0.5, 0.6) is 0 Å². The topological polar surface area (TPSA) is 61.8 Å². The first kappa shape index (κ1) is 19.2. The van der Waals surface area contributed by atoms with Crippen molar-refractivity contribution in [3.05, 3.63) is 0 Å². The lowest BCUT2D eigenvalue weighted by molar-refractivity contribution is 0.0231. The van der Waals surface area contributed by atoms with Crippen LogP contribution in [-0.2, 0) is 4.74 Å². The highest BCUT2D eigenvalue weighted by atomic mass is 16.6. The van der Waals surface area contributed by atoms with Gasteiger partial charge >= 0.3 is 6.09 Å². The number of hydrogen-bond acceptors (Lipinski definition) is 4. The molecule has 0 aliphatic heterocycles. The first-order valence-corrected chi connectivity index (χ1v) is 8.52. The summed E-state index contributed by atoms with van der Waals surface area (Å²) in [6, 6.07) is 0.369. The lowest BCUT2D eigenvalue weighted by Gasteiger charge is -2.28. The van der Waals surface area contributed by atoms with Crippen LogP contribution in [0.25, 0.3) is 0 Å². The fraction of sp³-hybridized carbons (Fsp3) is 0.941. The summed E-state index contributed by atoms with van der Waals surface area (Å²) in [5.74, 6) is 0. The van der Waals surface area contributed by atoms with E-state index in [0.717, 1.165) is 45.3 Å². The van der Waals surface area contributed by atoms with Gasteiger partial charge in [0.1, 0.15) is 5.60 Å². The predicted molar refractivity (Wildman–Crippen MR) is 88.9 cm³/mol. The molecule has 1 unspecified atom stereocenters. The van der Waals surface area contributed by atoms with Gasteiger partial charge in [0.05, 0.1) is 0 Å². The summed E-state index contributed by atoms with van der Waals surface area (Å²) in [7, 11) is 0. The number of nitrogens with zero attached hydrogens (tertiary/aromatic N) is 1. The molecule has 0 bridgehead atoms. The maximum Gasteiger partial charge on any atom is 0.410 e. The summed E-state index contributed by atoms with van der Waals surface area (Å²) in [5.41, 5.74) is -0.492. The molecule has 1 atom stereocenters. The smallest absolute Gasteiger partial charge is 0.410 e. The van der Waals surface area contributed by atoms with E-state index in [2.05, 4.69) is 19.2 Å². The Kier molecular flexibility index (Phi) is 7.13. The van der Waals surface area contributed by atoms with E-state index < -0.39 is 5.60 Å². The second kappa shape index (κ2) is 8.16. The van der Waals surface area contributed by atoms with Crippen molar-refractivity contribution < 1.29 is 14.6 Å². The molecule has 0 spiro atoms. The number of carbonyl (C=O) groups excluding carboxylic acids is 1. The van der Waals surface area contributed by atoms with Gasteiger partial charge in [-0.15, -0.1) is 0 Å². The zero-order valence-electron chi connectivity index (χ0n) is 14.9. The van der Waals surface area contributed by atoms with Gasteiger partial charge in [0, 0.05) is 31.2 Å². The largest absolute Gasteiger partial charge is 0.444 e. The summed E-state index contributed by atoms with van der Waals surface area (Å²) < 4.78 is 5.48. The van der Waals surface area contributed by atoms with Gasteiger partial charge in [0.25, 0.3) is 0 Å². The molecule has 0 heterocycles. The molecule has 2 N–H and O–H groups in total. The van der Waals surface area contributed by atoms with Crippen molar-refractivity contribution >= 4 is 6.09 Å². The van der Waals surface area contributed by atoms with Crippen LogP contribution in [0.15, 0.2) is 0 Å². The number of aliphatic hydroxyl groups excluding tert-OH is 1. The van der Waals surface area contributed by atoms with Gasteiger partial charge in [-0.1, -0.05) is 13.8 Å². The molecule has 1 rings (SSSR count). The van der Waals surface area contributed by atoms with Gasteiger partial charge in [0.15, 0.2) is 0 Å². The SMILES string of the molecule is CCC(C)(CO)CNCCCN(C(=O)OC(C)(C)C)C1CC1. The number of amides is 1. The Bertz CT molecular complexity index is 344. The second-order valence-corrected chi connectivity index (χ2v) is 7.76. The summed E-state index contributed by atoms with van der Waals surface area (Å²) in [5, 5.41) is 12.8. The summed E-state index contributed by atoms with van der Waals surface area (Å²) in [6.45, 7) is 12.5. The normalized spacial score (nSPS) is 17.9. The Morgan fingerprint density at radius 2 is 1.95 bits per heavy atom. The Labute approximate surface area is 135 Å². The number of carbonyl (C=O) groups is 1. The van der Waals surface area contributed by atoms with E-state index in [1.54, 1.807) is 0 Å². The Morgan fingerprint density at radius 3 is 2.41 bits per heavy atom. The molecular weight excluding hydrogens is 280 g/mol. The van der Waals surface area contributed by atoms with Crippen LogP contribution >= 0.6 is 0 Å². The minimum Gasteiger partial charge on any atom is -0.444 e. The molecule has 22 heavy (non-hydrogen) atoms. The summed E-state index contributed by atoms with van der Waals surface area (Å²) in [4.78, 5) is 14.1. The van der Waals surface area contributed by atoms with E-state index in [1.807, 2.05) is 25.7 Å². The molecule has 0 radical (unpaired) electrons. The van der Waals surface area contributed by atoms with Gasteiger partial charge in [-0.25, -0.2) is 4.79 Å². The number of hydrogen-bond donors (Lipinski definition) is 2. The summed E-state index contributed by atoms with van der Waals surface area (Å²) >= 11 is 0. The number of ether oxygens (including phenoxy) is 1. The third-order valence-electron chi connectivity index (χ3n) is 4.16. The van der Waals surface area contributed by atoms with Crippen LogP contribution in [0.2, 0.25) is 0 Å². The molecule has 130 valence electrons. The maximum absolute atomic E-state index is 12.2. The van der Waals surface area contributed by atoms with Crippen LogP contribution < -0.4 is 5.32 Å². The highest BCUT2D eigenvalue weighted by Crippen LogP contribution is 2.28. The van der Waals surface area contributed by atoms with Crippen molar-refractivity contribution in [2.45, 2.75) is 71.9 Å². The molecule has 1 fully saturated rings. The standard InChI is InChI=1S/C17H34N2O3/c1-6-17(5,13-20)12-18-10-7-11-19(14-8-9-14)15(21)22-16(2,3)4/h14,18,20H,6-13H2,1-5H3. The third kappa shape index (κ3) is 6.97. The van der Waals surface area contributed by atoms with Crippen molar-refractivity contribution in [1.29, 1.82) is 0 Å². The van der Waals surface area contributed by atoms with Crippen molar-refractivity contribution in [3.63, 3.8) is 0 Å². The summed E-state index contributed by atoms with van der Waals surface area (Å²) in [6.07, 6.45) is 3.84. The molecule has 1 saturated carbocycles. The van der Waals surface area contributed by atoms with Crippen LogP contribution in [0.3, 0.4) is 0 Å². The molecular formula is C17H34N2O3. The highest BCUT2D eigenvalue weighted by Gasteiger charge is 2.34. The zero-order chi connectivity index (χ0) is 16.8. The molecule has 0 aromatic rings. The van der Waals surface area contributed by atoms with E-state index in [4.69, 9.17) is 4.74 Å². The highest BCUT2D eigenvalue weighted by molar-refractivity contribution is 5.69. The number of nitrogens with one attached hydrogen (secondary N) is 1. The molecule has 0 aromatic carbocycles. The number of rotatable bonds is 9. The van der Waals surface area contributed by atoms with Crippen LogP contribution in [-0.4, -0.2) is 54.0 Å². The predicted octanol–water partition coefficient (Wildman–Crippen LogP) is 2.77. The first-order chi connectivity index (χ1) is 10.2. The number of aliphatic hydroxyl groups is 1. The van der Waals surface area contributed by atoms with Gasteiger partial charge < -0.3 is 20.1 Å². The van der Waals surface area contributed by atoms with Crippen LogP contribution in [0.1, 0.15) is 60.3 Å². The van der Waals surface area contributed by atoms with Gasteiger partial charge in [0.2, 0.25) is 0 Å². The van der Waals surface area contributed by atoms with E-state index >= 15 is 0 Å². The fourth-order valence-corrected chi connectivity index (χ4v) is 2.19. The third-order valence-corrected chi connectivity index (χ3v) is 4.16. The lowest BCUT2D eigenvalue weighted by atomic mass is 9.89. The van der Waals surface area contributed by atoms with Crippen molar-refractivity contribution in [2.24, 2.45) is 5.41 Å². The monoisotopic (exact) mass is 314 g/mol. The zero-order valence-corrected chi connectivity index (χ0v) is 14.9. The minimum atomic E-state index is -0.438. The average Bonchev–Trinajstić information content (AvgIpc) is 3.24. The van der Waals surface area contributed by atoms with Gasteiger partial charge in [-0.05, 0) is 53.0 Å². The van der Waals surface area contributed by atoms with Crippen molar-refractivity contribution in [3.8, 4) is 0 Å². The molecule has 1 amide bonds. The molecule has 1 aliphatic rings. The molecule has 1 aliphatic carbocycles. The van der Waals surface area contributed by atoms with E-state index in [0.29, 0.717) is 6.04 Å². The minimum absolute atomic E-state index is 0.0542. The second-order valence-electron chi connectivity index (χ2n) is 7.76. The lowest BCUT2D eigenvalue weighted by Crippen LogP contribution is -2.40. The van der Waals surface area contributed by atoms with Gasteiger partial charge in [-0.2, -0.15) is 0 Å². The molecule has 0 saturated heterocycles. The maximum atomic E-state index is 12.2. The fourth-order valence-electron chi connectivity index (χ4n) is 2.19. The first-order valence-electron chi connectivity index (χ1n) is 8.52. The Hall–Kier alpha value is -0.810. The van der Waals surface area contributed by atoms with Crippen LogP contribution in [0.4, 0.5) is 4.79 Å². The van der Waals surface area contributed by atoms with E-state index in [1.165, 1.54) is 0 Å². The Morgan fingerprint density at radius 1 is 1.32 bits per heavy atom. The molecule has 0 aromatic heterocycles. The average molecular weight is 314 g/mol. The van der Waals surface area contributed by atoms with Gasteiger partial charge in [-0.3, -0.25) is 0 Å². The van der Waals surface area contributed by atoms with E-state index in [-0.39, 0.29) is 18.1 Å². The molecule has 5 nitrogen and oxygen atoms in total. The molecule has 5 heteroatoms. The Balaban J connectivity index is 2.29. The van der Waals surface area contributed by atoms with E-state index in [9.17, 15) is 9.90 Å². The quantitative estimate of drug-likeness (QED) is 0.642. The van der Waals surface area contributed by atoms with Crippen LogP contribution in [0, 0.1) is 5.41 Å².